The minimum Gasteiger partial charge on any atom is -0.297 e. The van der Waals surface area contributed by atoms with E-state index in [1.54, 1.807) is 24.3 Å². The smallest absolute Gasteiger partial charge is 0.179 e. The molecule has 0 aliphatic carbocycles. The number of rotatable bonds is 5. The van der Waals surface area contributed by atoms with Gasteiger partial charge < -0.3 is 0 Å². The van der Waals surface area contributed by atoms with Crippen LogP contribution in [-0.4, -0.2) is 30.3 Å². The third kappa shape index (κ3) is 3.32. The topological polar surface area (TPSA) is 20.3 Å². The number of hydrogen-bond donors (Lipinski definition) is 0. The molecule has 0 fully saturated rings. The first-order chi connectivity index (χ1) is 7.56. The van der Waals surface area contributed by atoms with Gasteiger partial charge in [0.05, 0.1) is 6.04 Å². The van der Waals surface area contributed by atoms with Gasteiger partial charge in [-0.05, 0) is 51.2 Å². The molecule has 0 N–H and O–H groups in total. The molecule has 3 heteroatoms. The average molecular weight is 240 g/mol. The Kier molecular flexibility index (Phi) is 4.97. The predicted molar refractivity (Wildman–Crippen MR) is 68.2 cm³/mol. The Morgan fingerprint density at radius 3 is 2.44 bits per heavy atom. The van der Waals surface area contributed by atoms with Crippen molar-refractivity contribution < 1.29 is 4.79 Å². The van der Waals surface area contributed by atoms with Crippen LogP contribution in [0.2, 0.25) is 5.02 Å². The Balaban J connectivity index is 2.73. The van der Waals surface area contributed by atoms with Crippen molar-refractivity contribution >= 4 is 17.4 Å². The first-order valence-corrected chi connectivity index (χ1v) is 5.94. The molecule has 0 heterocycles. The number of likely N-dealkylation sites (N-methyl/N-ethyl adjacent to an activating group) is 1. The first kappa shape index (κ1) is 13.2. The number of ketones is 1. The maximum absolute atomic E-state index is 12.1. The fraction of sp³-hybridized carbons (Fsp3) is 0.462. The molecule has 0 saturated carbocycles. The van der Waals surface area contributed by atoms with Crippen LogP contribution in [0.15, 0.2) is 24.3 Å². The standard InChI is InChI=1S/C13H18ClNO/c1-4-9-15(3)10(2)13(16)11-5-7-12(14)8-6-11/h5-8,10H,4,9H2,1-3H3. The van der Waals surface area contributed by atoms with Gasteiger partial charge in [0.2, 0.25) is 0 Å². The van der Waals surface area contributed by atoms with E-state index < -0.39 is 0 Å². The zero-order chi connectivity index (χ0) is 12.1. The first-order valence-electron chi connectivity index (χ1n) is 5.56. The molecule has 2 nitrogen and oxygen atoms in total. The number of carbonyl (C=O) groups excluding carboxylic acids is 1. The summed E-state index contributed by atoms with van der Waals surface area (Å²) in [6, 6.07) is 6.98. The van der Waals surface area contributed by atoms with Crippen molar-refractivity contribution in [2.24, 2.45) is 0 Å². The van der Waals surface area contributed by atoms with E-state index in [2.05, 4.69) is 11.8 Å². The number of nitrogens with zero attached hydrogens (tertiary/aromatic N) is 1. The summed E-state index contributed by atoms with van der Waals surface area (Å²) < 4.78 is 0. The summed E-state index contributed by atoms with van der Waals surface area (Å²) in [5.74, 6) is 0.146. The van der Waals surface area contributed by atoms with Gasteiger partial charge >= 0.3 is 0 Å². The van der Waals surface area contributed by atoms with Crippen molar-refractivity contribution in [2.75, 3.05) is 13.6 Å². The molecule has 0 saturated heterocycles. The molecular formula is C13H18ClNO. The summed E-state index contributed by atoms with van der Waals surface area (Å²) in [6.45, 7) is 4.98. The quantitative estimate of drug-likeness (QED) is 0.736. The molecular weight excluding hydrogens is 222 g/mol. The molecule has 1 atom stereocenters. The van der Waals surface area contributed by atoms with Gasteiger partial charge in [-0.3, -0.25) is 9.69 Å². The lowest BCUT2D eigenvalue weighted by atomic mass is 10.0. The van der Waals surface area contributed by atoms with Crippen LogP contribution in [0.25, 0.3) is 0 Å². The number of carbonyl (C=O) groups is 1. The van der Waals surface area contributed by atoms with Gasteiger partial charge in [-0.2, -0.15) is 0 Å². The van der Waals surface area contributed by atoms with Gasteiger partial charge in [-0.15, -0.1) is 0 Å². The van der Waals surface area contributed by atoms with E-state index in [0.717, 1.165) is 18.5 Å². The SMILES string of the molecule is CCCN(C)C(C)C(=O)c1ccc(Cl)cc1. The molecule has 1 aromatic rings. The van der Waals surface area contributed by atoms with E-state index in [1.165, 1.54) is 0 Å². The van der Waals surface area contributed by atoms with E-state index in [1.807, 2.05) is 14.0 Å². The highest BCUT2D eigenvalue weighted by molar-refractivity contribution is 6.30. The second-order valence-corrected chi connectivity index (χ2v) is 4.46. The molecule has 88 valence electrons. The number of hydrogen-bond acceptors (Lipinski definition) is 2. The van der Waals surface area contributed by atoms with E-state index in [4.69, 9.17) is 11.6 Å². The third-order valence-electron chi connectivity index (χ3n) is 2.75. The second kappa shape index (κ2) is 6.02. The Morgan fingerprint density at radius 1 is 1.38 bits per heavy atom. The Bertz CT molecular complexity index is 347. The number of benzene rings is 1. The maximum Gasteiger partial charge on any atom is 0.179 e. The third-order valence-corrected chi connectivity index (χ3v) is 3.00. The Hall–Kier alpha value is -0.860. The molecule has 1 rings (SSSR count). The van der Waals surface area contributed by atoms with Gasteiger partial charge in [-0.1, -0.05) is 18.5 Å². The summed E-state index contributed by atoms with van der Waals surface area (Å²) in [5, 5.41) is 0.658. The molecule has 0 amide bonds. The minimum absolute atomic E-state index is 0.0823. The highest BCUT2D eigenvalue weighted by Crippen LogP contribution is 2.13. The summed E-state index contributed by atoms with van der Waals surface area (Å²) >= 11 is 5.79. The molecule has 0 aromatic heterocycles. The highest BCUT2D eigenvalue weighted by Gasteiger charge is 2.18. The van der Waals surface area contributed by atoms with Crippen molar-refractivity contribution in [3.63, 3.8) is 0 Å². The van der Waals surface area contributed by atoms with Crippen LogP contribution in [0.1, 0.15) is 30.6 Å². The molecule has 16 heavy (non-hydrogen) atoms. The van der Waals surface area contributed by atoms with Crippen LogP contribution >= 0.6 is 11.6 Å². The van der Waals surface area contributed by atoms with Crippen molar-refractivity contribution in [3.8, 4) is 0 Å². The Morgan fingerprint density at radius 2 is 1.94 bits per heavy atom. The van der Waals surface area contributed by atoms with Gasteiger partial charge in [0.25, 0.3) is 0 Å². The van der Waals surface area contributed by atoms with Crippen molar-refractivity contribution in [3.05, 3.63) is 34.9 Å². The van der Waals surface area contributed by atoms with Crippen LogP contribution in [0.3, 0.4) is 0 Å². The summed E-state index contributed by atoms with van der Waals surface area (Å²) in [6.07, 6.45) is 1.05. The molecule has 0 spiro atoms. The molecule has 0 aliphatic heterocycles. The van der Waals surface area contributed by atoms with Gasteiger partial charge in [-0.25, -0.2) is 0 Å². The summed E-state index contributed by atoms with van der Waals surface area (Å²) in [7, 11) is 1.97. The van der Waals surface area contributed by atoms with Crippen LogP contribution in [-0.2, 0) is 0 Å². The maximum atomic E-state index is 12.1. The summed E-state index contributed by atoms with van der Waals surface area (Å²) in [4.78, 5) is 14.2. The van der Waals surface area contributed by atoms with Crippen molar-refractivity contribution in [2.45, 2.75) is 26.3 Å². The van der Waals surface area contributed by atoms with E-state index in [-0.39, 0.29) is 11.8 Å². The zero-order valence-corrected chi connectivity index (χ0v) is 10.8. The van der Waals surface area contributed by atoms with Crippen molar-refractivity contribution in [1.29, 1.82) is 0 Å². The average Bonchev–Trinajstić information content (AvgIpc) is 2.28. The van der Waals surface area contributed by atoms with Crippen LogP contribution in [0.5, 0.6) is 0 Å². The lowest BCUT2D eigenvalue weighted by Gasteiger charge is -2.22. The van der Waals surface area contributed by atoms with Gasteiger partial charge in [0.15, 0.2) is 5.78 Å². The molecule has 0 bridgehead atoms. The Labute approximate surface area is 102 Å². The fourth-order valence-electron chi connectivity index (χ4n) is 1.60. The van der Waals surface area contributed by atoms with Crippen LogP contribution in [0.4, 0.5) is 0 Å². The normalized spacial score (nSPS) is 12.8. The van der Waals surface area contributed by atoms with Gasteiger partial charge in [0.1, 0.15) is 0 Å². The van der Waals surface area contributed by atoms with Crippen LogP contribution in [0, 0.1) is 0 Å². The van der Waals surface area contributed by atoms with E-state index in [9.17, 15) is 4.79 Å². The highest BCUT2D eigenvalue weighted by atomic mass is 35.5. The molecule has 1 unspecified atom stereocenters. The summed E-state index contributed by atoms with van der Waals surface area (Å²) in [5.41, 5.74) is 0.722. The number of Topliss-reactive ketones (excluding diaryl/α,β-unsaturated/α-hetero) is 1. The predicted octanol–water partition coefficient (Wildman–Crippen LogP) is 3.25. The lowest BCUT2D eigenvalue weighted by Crippen LogP contribution is -2.36. The lowest BCUT2D eigenvalue weighted by molar-refractivity contribution is 0.0869. The van der Waals surface area contributed by atoms with Crippen LogP contribution < -0.4 is 0 Å². The zero-order valence-electron chi connectivity index (χ0n) is 10.0. The largest absolute Gasteiger partial charge is 0.297 e. The minimum atomic E-state index is -0.0823. The molecule has 1 aromatic carbocycles. The van der Waals surface area contributed by atoms with E-state index >= 15 is 0 Å². The van der Waals surface area contributed by atoms with Crippen molar-refractivity contribution in [1.82, 2.24) is 4.90 Å². The fourth-order valence-corrected chi connectivity index (χ4v) is 1.73. The van der Waals surface area contributed by atoms with E-state index in [0.29, 0.717) is 5.02 Å². The monoisotopic (exact) mass is 239 g/mol. The number of halogens is 1. The van der Waals surface area contributed by atoms with Gasteiger partial charge in [0, 0.05) is 10.6 Å². The molecule has 0 aliphatic rings. The second-order valence-electron chi connectivity index (χ2n) is 4.03. The molecule has 0 radical (unpaired) electrons.